The SMILES string of the molecule is Cc1c(Br)cc(CN)cc1S(=O)(=O)N1CCCCC1C. The second-order valence-corrected chi connectivity index (χ2v) is 8.08. The standard InChI is InChI=1S/C14H21BrN2O2S/c1-10-5-3-4-6-17(10)20(18,19)14-8-12(9-16)7-13(15)11(14)2/h7-8,10H,3-6,9,16H2,1-2H3. The third-order valence-corrected chi connectivity index (χ3v) is 6.88. The summed E-state index contributed by atoms with van der Waals surface area (Å²) in [6.07, 6.45) is 2.95. The quantitative estimate of drug-likeness (QED) is 0.901. The van der Waals surface area contributed by atoms with Crippen molar-refractivity contribution in [1.82, 2.24) is 4.31 Å². The smallest absolute Gasteiger partial charge is 0.243 e. The molecule has 1 aliphatic heterocycles. The van der Waals surface area contributed by atoms with E-state index >= 15 is 0 Å². The van der Waals surface area contributed by atoms with Gasteiger partial charge in [0.15, 0.2) is 0 Å². The van der Waals surface area contributed by atoms with Crippen molar-refractivity contribution in [2.24, 2.45) is 5.73 Å². The van der Waals surface area contributed by atoms with Gasteiger partial charge in [0.1, 0.15) is 0 Å². The first kappa shape index (κ1) is 15.9. The minimum Gasteiger partial charge on any atom is -0.326 e. The van der Waals surface area contributed by atoms with E-state index in [0.717, 1.165) is 34.9 Å². The van der Waals surface area contributed by atoms with Gasteiger partial charge in [-0.05, 0) is 49.9 Å². The van der Waals surface area contributed by atoms with Gasteiger partial charge in [-0.1, -0.05) is 22.4 Å². The number of piperidine rings is 1. The first-order valence-electron chi connectivity index (χ1n) is 6.89. The molecule has 0 radical (unpaired) electrons. The third kappa shape index (κ3) is 2.93. The average Bonchev–Trinajstić information content (AvgIpc) is 2.41. The molecule has 0 aliphatic carbocycles. The monoisotopic (exact) mass is 360 g/mol. The summed E-state index contributed by atoms with van der Waals surface area (Å²) < 4.78 is 28.2. The largest absolute Gasteiger partial charge is 0.326 e. The van der Waals surface area contributed by atoms with E-state index in [2.05, 4.69) is 15.9 Å². The van der Waals surface area contributed by atoms with E-state index in [1.807, 2.05) is 19.9 Å². The molecule has 0 spiro atoms. The molecule has 1 aromatic carbocycles. The second kappa shape index (κ2) is 6.13. The Balaban J connectivity index is 2.51. The molecule has 2 N–H and O–H groups in total. The van der Waals surface area contributed by atoms with Crippen molar-refractivity contribution in [3.05, 3.63) is 27.7 Å². The van der Waals surface area contributed by atoms with Crippen LogP contribution in [0.3, 0.4) is 0 Å². The molecule has 1 unspecified atom stereocenters. The molecule has 1 atom stereocenters. The lowest BCUT2D eigenvalue weighted by Gasteiger charge is -2.32. The number of rotatable bonds is 3. The van der Waals surface area contributed by atoms with Gasteiger partial charge >= 0.3 is 0 Å². The first-order valence-corrected chi connectivity index (χ1v) is 9.12. The first-order chi connectivity index (χ1) is 9.37. The van der Waals surface area contributed by atoms with Gasteiger partial charge in [-0.25, -0.2) is 8.42 Å². The number of benzene rings is 1. The van der Waals surface area contributed by atoms with Gasteiger partial charge in [0.25, 0.3) is 0 Å². The van der Waals surface area contributed by atoms with E-state index in [4.69, 9.17) is 5.73 Å². The molecule has 4 nitrogen and oxygen atoms in total. The van der Waals surface area contributed by atoms with Crippen LogP contribution in [0.1, 0.15) is 37.3 Å². The van der Waals surface area contributed by atoms with Crippen LogP contribution in [-0.4, -0.2) is 25.3 Å². The van der Waals surface area contributed by atoms with E-state index in [1.165, 1.54) is 0 Å². The molecule has 1 aromatic rings. The fraction of sp³-hybridized carbons (Fsp3) is 0.571. The fourth-order valence-corrected chi connectivity index (χ4v) is 5.29. The van der Waals surface area contributed by atoms with E-state index in [1.54, 1.807) is 10.4 Å². The molecule has 6 heteroatoms. The molecule has 112 valence electrons. The minimum absolute atomic E-state index is 0.0634. The Labute approximate surface area is 129 Å². The highest BCUT2D eigenvalue weighted by atomic mass is 79.9. The molecule has 0 bridgehead atoms. The molecular formula is C14H21BrN2O2S. The molecule has 20 heavy (non-hydrogen) atoms. The Kier molecular flexibility index (Phi) is 4.89. The minimum atomic E-state index is -3.45. The van der Waals surface area contributed by atoms with Crippen LogP contribution in [0.4, 0.5) is 0 Å². The summed E-state index contributed by atoms with van der Waals surface area (Å²) in [4.78, 5) is 0.376. The summed E-state index contributed by atoms with van der Waals surface area (Å²) in [6.45, 7) is 4.74. The number of nitrogens with zero attached hydrogens (tertiary/aromatic N) is 1. The Hall–Kier alpha value is -0.430. The molecule has 0 amide bonds. The van der Waals surface area contributed by atoms with Gasteiger partial charge in [0, 0.05) is 23.6 Å². The van der Waals surface area contributed by atoms with Crippen LogP contribution in [0.25, 0.3) is 0 Å². The lowest BCUT2D eigenvalue weighted by atomic mass is 10.1. The maximum absolute atomic E-state index is 12.9. The molecule has 2 rings (SSSR count). The summed E-state index contributed by atoms with van der Waals surface area (Å²) in [6, 6.07) is 3.65. The maximum atomic E-state index is 12.9. The Morgan fingerprint density at radius 1 is 1.40 bits per heavy atom. The summed E-state index contributed by atoms with van der Waals surface area (Å²) in [5, 5.41) is 0. The zero-order valence-corrected chi connectivity index (χ0v) is 14.3. The second-order valence-electron chi connectivity index (χ2n) is 5.37. The number of sulfonamides is 1. The van der Waals surface area contributed by atoms with Gasteiger partial charge in [-0.15, -0.1) is 0 Å². The number of halogens is 1. The van der Waals surface area contributed by atoms with Crippen LogP contribution in [0, 0.1) is 6.92 Å². The number of hydrogen-bond acceptors (Lipinski definition) is 3. The fourth-order valence-electron chi connectivity index (χ4n) is 2.65. The van der Waals surface area contributed by atoms with Crippen molar-refractivity contribution in [2.75, 3.05) is 6.54 Å². The van der Waals surface area contributed by atoms with E-state index in [9.17, 15) is 8.42 Å². The lowest BCUT2D eigenvalue weighted by Crippen LogP contribution is -2.42. The predicted molar refractivity (Wildman–Crippen MR) is 84.0 cm³/mol. The van der Waals surface area contributed by atoms with Crippen LogP contribution in [0.5, 0.6) is 0 Å². The van der Waals surface area contributed by atoms with Crippen LogP contribution in [0.15, 0.2) is 21.5 Å². The zero-order chi connectivity index (χ0) is 14.9. The summed E-state index contributed by atoms with van der Waals surface area (Å²) in [5.41, 5.74) is 7.23. The van der Waals surface area contributed by atoms with Crippen molar-refractivity contribution in [3.63, 3.8) is 0 Å². The van der Waals surface area contributed by atoms with Gasteiger partial charge < -0.3 is 5.73 Å². The summed E-state index contributed by atoms with van der Waals surface area (Å²) in [7, 11) is -3.45. The maximum Gasteiger partial charge on any atom is 0.243 e. The lowest BCUT2D eigenvalue weighted by molar-refractivity contribution is 0.268. The highest BCUT2D eigenvalue weighted by Gasteiger charge is 2.32. The number of hydrogen-bond donors (Lipinski definition) is 1. The normalized spacial score (nSPS) is 21.1. The molecule has 1 saturated heterocycles. The van der Waals surface area contributed by atoms with E-state index < -0.39 is 10.0 Å². The van der Waals surface area contributed by atoms with Crippen LogP contribution < -0.4 is 5.73 Å². The molecule has 0 aromatic heterocycles. The van der Waals surface area contributed by atoms with Gasteiger partial charge in [-0.2, -0.15) is 4.31 Å². The molecule has 1 aliphatic rings. The van der Waals surface area contributed by atoms with Gasteiger partial charge in [0.2, 0.25) is 10.0 Å². The molecule has 1 heterocycles. The van der Waals surface area contributed by atoms with Crippen LogP contribution >= 0.6 is 15.9 Å². The zero-order valence-electron chi connectivity index (χ0n) is 11.9. The van der Waals surface area contributed by atoms with Crippen molar-refractivity contribution in [2.45, 2.75) is 50.6 Å². The van der Waals surface area contributed by atoms with Crippen molar-refractivity contribution < 1.29 is 8.42 Å². The summed E-state index contributed by atoms with van der Waals surface area (Å²) >= 11 is 3.43. The average molecular weight is 361 g/mol. The highest BCUT2D eigenvalue weighted by Crippen LogP contribution is 2.31. The Morgan fingerprint density at radius 3 is 2.70 bits per heavy atom. The molecular weight excluding hydrogens is 340 g/mol. The van der Waals surface area contributed by atoms with Crippen molar-refractivity contribution >= 4 is 26.0 Å². The van der Waals surface area contributed by atoms with Crippen molar-refractivity contribution in [1.29, 1.82) is 0 Å². The third-order valence-electron chi connectivity index (χ3n) is 3.92. The van der Waals surface area contributed by atoms with Crippen LogP contribution in [-0.2, 0) is 16.6 Å². The highest BCUT2D eigenvalue weighted by molar-refractivity contribution is 9.10. The molecule has 1 fully saturated rings. The van der Waals surface area contributed by atoms with Gasteiger partial charge in [-0.3, -0.25) is 0 Å². The molecule has 0 saturated carbocycles. The van der Waals surface area contributed by atoms with E-state index in [-0.39, 0.29) is 6.04 Å². The Bertz CT molecular complexity index is 601. The predicted octanol–water partition coefficient (Wildman–Crippen LogP) is 2.78. The van der Waals surface area contributed by atoms with Crippen LogP contribution in [0.2, 0.25) is 0 Å². The topological polar surface area (TPSA) is 63.4 Å². The van der Waals surface area contributed by atoms with E-state index in [0.29, 0.717) is 18.0 Å². The number of nitrogens with two attached hydrogens (primary N) is 1. The van der Waals surface area contributed by atoms with Gasteiger partial charge in [0.05, 0.1) is 4.90 Å². The van der Waals surface area contributed by atoms with Crippen molar-refractivity contribution in [3.8, 4) is 0 Å². The summed E-state index contributed by atoms with van der Waals surface area (Å²) in [5.74, 6) is 0. The Morgan fingerprint density at radius 2 is 2.10 bits per heavy atom.